The third kappa shape index (κ3) is 1.59. The van der Waals surface area contributed by atoms with E-state index in [-0.39, 0.29) is 17.4 Å². The lowest BCUT2D eigenvalue weighted by molar-refractivity contribution is -0.148. The number of carbonyl (C=O) groups is 1. The summed E-state index contributed by atoms with van der Waals surface area (Å²) in [6.45, 7) is 3.76. The van der Waals surface area contributed by atoms with Crippen LogP contribution in [0.3, 0.4) is 0 Å². The first-order valence-electron chi connectivity index (χ1n) is 8.97. The molecule has 3 unspecified atom stereocenters. The zero-order valence-electron chi connectivity index (χ0n) is 14.2. The number of aromatic nitrogens is 2. The lowest BCUT2D eigenvalue weighted by Crippen LogP contribution is -2.42. The standard InChI is InChI=1S/C19H23N3O2/c1-3-22-15-7-5-4-6-14(15)21-16(22)10-20-17-11-8-12-13(9-11)19(12,17)18(23)24-2/h4-7,11-13,17,20H,3,8-10H2,1-2H3. The second-order valence-electron chi connectivity index (χ2n) is 7.49. The van der Waals surface area contributed by atoms with Crippen molar-refractivity contribution in [3.05, 3.63) is 30.1 Å². The maximum atomic E-state index is 12.4. The second kappa shape index (κ2) is 4.82. The van der Waals surface area contributed by atoms with E-state index in [9.17, 15) is 4.79 Å². The normalized spacial score (nSPS) is 35.6. The molecule has 0 spiro atoms. The van der Waals surface area contributed by atoms with Crippen molar-refractivity contribution in [3.8, 4) is 0 Å². The monoisotopic (exact) mass is 325 g/mol. The van der Waals surface area contributed by atoms with Crippen LogP contribution in [0.2, 0.25) is 0 Å². The summed E-state index contributed by atoms with van der Waals surface area (Å²) in [4.78, 5) is 17.2. The number of rotatable bonds is 5. The van der Waals surface area contributed by atoms with Crippen LogP contribution < -0.4 is 5.32 Å². The number of imidazole rings is 1. The Balaban J connectivity index is 1.41. The summed E-state index contributed by atoms with van der Waals surface area (Å²) in [6, 6.07) is 8.52. The minimum absolute atomic E-state index is 0.000931. The number of hydrogen-bond acceptors (Lipinski definition) is 4. The molecule has 126 valence electrons. The molecule has 0 aliphatic heterocycles. The SMILES string of the molecule is CCn1c(CNC2C3CC4C(C3)C42C(=O)OC)nc2ccccc21. The van der Waals surface area contributed by atoms with E-state index in [1.807, 2.05) is 6.07 Å². The number of aryl methyl sites for hydroxylation is 1. The summed E-state index contributed by atoms with van der Waals surface area (Å²) in [5, 5.41) is 3.69. The summed E-state index contributed by atoms with van der Waals surface area (Å²) >= 11 is 0. The number of hydrogen-bond donors (Lipinski definition) is 1. The third-order valence-electron chi connectivity index (χ3n) is 6.77. The molecule has 1 N–H and O–H groups in total. The van der Waals surface area contributed by atoms with Crippen LogP contribution in [0.5, 0.6) is 0 Å². The van der Waals surface area contributed by atoms with E-state index in [0.717, 1.165) is 17.9 Å². The molecular weight excluding hydrogens is 302 g/mol. The van der Waals surface area contributed by atoms with Crippen LogP contribution in [0.4, 0.5) is 0 Å². The number of methoxy groups -OCH3 is 1. The first-order chi connectivity index (χ1) is 11.7. The molecule has 3 atom stereocenters. The molecule has 4 bridgehead atoms. The largest absolute Gasteiger partial charge is 0.469 e. The van der Waals surface area contributed by atoms with Gasteiger partial charge >= 0.3 is 5.97 Å². The summed E-state index contributed by atoms with van der Waals surface area (Å²) < 4.78 is 7.41. The summed E-state index contributed by atoms with van der Waals surface area (Å²) in [5.74, 6) is 2.78. The van der Waals surface area contributed by atoms with Crippen LogP contribution in [-0.4, -0.2) is 28.7 Å². The minimum atomic E-state index is -0.234. The van der Waals surface area contributed by atoms with E-state index >= 15 is 0 Å². The lowest BCUT2D eigenvalue weighted by atomic mass is 9.97. The number of fused-ring (bicyclic) bond motifs is 1. The number of ether oxygens (including phenoxy) is 1. The first-order valence-corrected chi connectivity index (χ1v) is 8.97. The van der Waals surface area contributed by atoms with Crippen molar-refractivity contribution in [1.82, 2.24) is 14.9 Å². The number of carbonyl (C=O) groups excluding carboxylic acids is 1. The van der Waals surface area contributed by atoms with Gasteiger partial charge in [0.15, 0.2) is 0 Å². The third-order valence-corrected chi connectivity index (χ3v) is 6.77. The van der Waals surface area contributed by atoms with Gasteiger partial charge < -0.3 is 14.6 Å². The van der Waals surface area contributed by atoms with Crippen molar-refractivity contribution in [2.45, 2.75) is 38.9 Å². The average Bonchev–Trinajstić information content (AvgIpc) is 3.09. The van der Waals surface area contributed by atoms with E-state index in [1.165, 1.54) is 25.5 Å². The fraction of sp³-hybridized carbons (Fsp3) is 0.579. The summed E-state index contributed by atoms with van der Waals surface area (Å²) in [6.07, 6.45) is 2.36. The van der Waals surface area contributed by atoms with Gasteiger partial charge in [-0.05, 0) is 49.7 Å². The van der Waals surface area contributed by atoms with Gasteiger partial charge in [0.05, 0.1) is 30.1 Å². The van der Waals surface area contributed by atoms with Crippen molar-refractivity contribution in [3.63, 3.8) is 0 Å². The Bertz CT molecular complexity index is 815. The number of nitrogens with zero attached hydrogens (tertiary/aromatic N) is 2. The predicted octanol–water partition coefficient (Wildman–Crippen LogP) is 2.34. The van der Waals surface area contributed by atoms with E-state index in [1.54, 1.807) is 0 Å². The van der Waals surface area contributed by atoms with Crippen LogP contribution in [-0.2, 0) is 22.6 Å². The van der Waals surface area contributed by atoms with E-state index < -0.39 is 0 Å². The van der Waals surface area contributed by atoms with Gasteiger partial charge in [0.25, 0.3) is 0 Å². The van der Waals surface area contributed by atoms with Gasteiger partial charge in [0.2, 0.25) is 0 Å². The quantitative estimate of drug-likeness (QED) is 0.858. The van der Waals surface area contributed by atoms with Gasteiger partial charge in [-0.25, -0.2) is 4.98 Å². The Morgan fingerprint density at radius 1 is 1.38 bits per heavy atom. The maximum absolute atomic E-state index is 12.4. The van der Waals surface area contributed by atoms with Gasteiger partial charge in [0.1, 0.15) is 5.82 Å². The Hall–Kier alpha value is -1.88. The molecule has 4 aliphatic carbocycles. The lowest BCUT2D eigenvalue weighted by Gasteiger charge is -2.23. The highest BCUT2D eigenvalue weighted by Gasteiger charge is 2.83. The second-order valence-corrected chi connectivity index (χ2v) is 7.49. The first kappa shape index (κ1) is 14.5. The van der Waals surface area contributed by atoms with Gasteiger partial charge in [-0.3, -0.25) is 4.79 Å². The Kier molecular flexibility index (Phi) is 2.90. The van der Waals surface area contributed by atoms with Crippen molar-refractivity contribution in [2.24, 2.45) is 23.2 Å². The Morgan fingerprint density at radius 3 is 2.83 bits per heavy atom. The molecule has 24 heavy (non-hydrogen) atoms. The molecular formula is C19H23N3O2. The van der Waals surface area contributed by atoms with Gasteiger partial charge in [-0.1, -0.05) is 12.1 Å². The molecule has 4 saturated carbocycles. The molecule has 5 nitrogen and oxygen atoms in total. The highest BCUT2D eigenvalue weighted by atomic mass is 16.5. The van der Waals surface area contributed by atoms with E-state index in [0.29, 0.717) is 24.3 Å². The van der Waals surface area contributed by atoms with Gasteiger partial charge in [0, 0.05) is 12.6 Å². The molecule has 1 aromatic heterocycles. The van der Waals surface area contributed by atoms with Crippen molar-refractivity contribution >= 4 is 17.0 Å². The van der Waals surface area contributed by atoms with E-state index in [4.69, 9.17) is 9.72 Å². The molecule has 0 amide bonds. The predicted molar refractivity (Wildman–Crippen MR) is 90.2 cm³/mol. The molecule has 0 radical (unpaired) electrons. The highest BCUT2D eigenvalue weighted by molar-refractivity contribution is 5.84. The molecule has 0 saturated heterocycles. The zero-order chi connectivity index (χ0) is 16.5. The highest BCUT2D eigenvalue weighted by Crippen LogP contribution is 2.79. The number of para-hydroxylation sites is 2. The fourth-order valence-electron chi connectivity index (χ4n) is 5.91. The summed E-state index contributed by atoms with van der Waals surface area (Å²) in [5.41, 5.74) is 1.99. The maximum Gasteiger partial charge on any atom is 0.313 e. The molecule has 4 fully saturated rings. The molecule has 6 rings (SSSR count). The fourth-order valence-corrected chi connectivity index (χ4v) is 5.91. The average molecular weight is 325 g/mol. The Morgan fingerprint density at radius 2 is 2.12 bits per heavy atom. The van der Waals surface area contributed by atoms with Crippen LogP contribution >= 0.6 is 0 Å². The topological polar surface area (TPSA) is 56.2 Å². The van der Waals surface area contributed by atoms with Gasteiger partial charge in [-0.15, -0.1) is 0 Å². The Labute approximate surface area is 141 Å². The zero-order valence-corrected chi connectivity index (χ0v) is 14.2. The minimum Gasteiger partial charge on any atom is -0.469 e. The van der Waals surface area contributed by atoms with Crippen molar-refractivity contribution in [2.75, 3.05) is 7.11 Å². The molecule has 1 heterocycles. The number of esters is 1. The number of nitrogens with one attached hydrogen (secondary N) is 1. The number of benzene rings is 1. The summed E-state index contributed by atoms with van der Waals surface area (Å²) in [7, 11) is 1.52. The molecule has 4 aliphatic rings. The van der Waals surface area contributed by atoms with Crippen LogP contribution in [0.25, 0.3) is 11.0 Å². The van der Waals surface area contributed by atoms with Crippen LogP contribution in [0.1, 0.15) is 25.6 Å². The van der Waals surface area contributed by atoms with Crippen LogP contribution in [0, 0.1) is 23.2 Å². The molecule has 1 aromatic carbocycles. The smallest absolute Gasteiger partial charge is 0.313 e. The van der Waals surface area contributed by atoms with Crippen LogP contribution in [0.15, 0.2) is 24.3 Å². The van der Waals surface area contributed by atoms with Crippen molar-refractivity contribution < 1.29 is 9.53 Å². The molecule has 2 aromatic rings. The van der Waals surface area contributed by atoms with Gasteiger partial charge in [-0.2, -0.15) is 0 Å². The van der Waals surface area contributed by atoms with Crippen molar-refractivity contribution in [1.29, 1.82) is 0 Å². The van der Waals surface area contributed by atoms with E-state index in [2.05, 4.69) is 35.0 Å². The molecule has 5 heteroatoms.